The lowest BCUT2D eigenvalue weighted by Gasteiger charge is -2.35. The van der Waals surface area contributed by atoms with Gasteiger partial charge in [-0.15, -0.1) is 0 Å². The third-order valence-electron chi connectivity index (χ3n) is 4.09. The highest BCUT2D eigenvalue weighted by Gasteiger charge is 2.42. The molecule has 1 saturated carbocycles. The largest absolute Gasteiger partial charge is 0.467 e. The molecule has 0 bridgehead atoms. The van der Waals surface area contributed by atoms with Crippen LogP contribution in [0.4, 0.5) is 0 Å². The van der Waals surface area contributed by atoms with E-state index in [2.05, 4.69) is 10.6 Å². The van der Waals surface area contributed by atoms with Crippen molar-refractivity contribution < 1.29 is 14.3 Å². The second-order valence-electron chi connectivity index (χ2n) is 5.61. The molecule has 0 radical (unpaired) electrons. The van der Waals surface area contributed by atoms with Gasteiger partial charge in [0.1, 0.15) is 5.54 Å². The van der Waals surface area contributed by atoms with Crippen LogP contribution in [0.15, 0.2) is 0 Å². The predicted octanol–water partition coefficient (Wildman–Crippen LogP) is 1.07. The number of carbonyl (C=O) groups is 2. The topological polar surface area (TPSA) is 67.4 Å². The van der Waals surface area contributed by atoms with E-state index in [-0.39, 0.29) is 17.9 Å². The Labute approximate surface area is 124 Å². The Bertz CT molecular complexity index is 350. The molecule has 1 amide bonds. The van der Waals surface area contributed by atoms with Gasteiger partial charge in [0.15, 0.2) is 0 Å². The summed E-state index contributed by atoms with van der Waals surface area (Å²) in [5.74, 6) is 1.72. The van der Waals surface area contributed by atoms with E-state index in [1.54, 1.807) is 0 Å². The lowest BCUT2D eigenvalue weighted by atomic mass is 9.81. The molecule has 2 rings (SSSR count). The van der Waals surface area contributed by atoms with Crippen LogP contribution in [-0.2, 0) is 14.3 Å². The summed E-state index contributed by atoms with van der Waals surface area (Å²) in [4.78, 5) is 24.3. The van der Waals surface area contributed by atoms with Crippen molar-refractivity contribution >= 4 is 23.6 Å². The number of nitrogens with one attached hydrogen (secondary N) is 2. The fourth-order valence-electron chi connectivity index (χ4n) is 3.02. The average Bonchev–Trinajstić information content (AvgIpc) is 2.48. The first-order valence-corrected chi connectivity index (χ1v) is 8.52. The molecular formula is C14H24N2O3S. The van der Waals surface area contributed by atoms with Gasteiger partial charge in [-0.1, -0.05) is 19.3 Å². The molecule has 1 atom stereocenters. The minimum Gasteiger partial charge on any atom is -0.467 e. The van der Waals surface area contributed by atoms with E-state index in [0.29, 0.717) is 19.3 Å². The van der Waals surface area contributed by atoms with E-state index in [1.165, 1.54) is 7.11 Å². The van der Waals surface area contributed by atoms with E-state index in [4.69, 9.17) is 4.74 Å². The molecule has 1 saturated heterocycles. The molecule has 2 aliphatic rings. The molecule has 114 valence electrons. The Morgan fingerprint density at radius 3 is 2.70 bits per heavy atom. The van der Waals surface area contributed by atoms with Gasteiger partial charge in [0.2, 0.25) is 5.91 Å². The van der Waals surface area contributed by atoms with Crippen LogP contribution in [0, 0.1) is 0 Å². The highest BCUT2D eigenvalue weighted by Crippen LogP contribution is 2.29. The van der Waals surface area contributed by atoms with Crippen molar-refractivity contribution in [2.24, 2.45) is 0 Å². The van der Waals surface area contributed by atoms with Gasteiger partial charge >= 0.3 is 5.97 Å². The summed E-state index contributed by atoms with van der Waals surface area (Å²) in [7, 11) is 1.39. The van der Waals surface area contributed by atoms with Crippen LogP contribution < -0.4 is 10.6 Å². The molecular weight excluding hydrogens is 276 g/mol. The molecule has 5 nitrogen and oxygen atoms in total. The van der Waals surface area contributed by atoms with Crippen molar-refractivity contribution in [2.75, 3.05) is 25.2 Å². The predicted molar refractivity (Wildman–Crippen MR) is 79.7 cm³/mol. The summed E-state index contributed by atoms with van der Waals surface area (Å²) in [5, 5.41) is 6.31. The van der Waals surface area contributed by atoms with Gasteiger partial charge in [-0.05, 0) is 12.8 Å². The zero-order valence-corrected chi connectivity index (χ0v) is 12.9. The van der Waals surface area contributed by atoms with Crippen molar-refractivity contribution in [1.82, 2.24) is 10.6 Å². The fourth-order valence-corrected chi connectivity index (χ4v) is 3.97. The van der Waals surface area contributed by atoms with Crippen molar-refractivity contribution in [3.05, 3.63) is 0 Å². The highest BCUT2D eigenvalue weighted by molar-refractivity contribution is 7.99. The molecule has 1 aliphatic carbocycles. The lowest BCUT2D eigenvalue weighted by Crippen LogP contribution is -2.57. The SMILES string of the molecule is COC(=O)C1(NC(=O)CC2CSCCN2)CCCCC1. The Kier molecular flexibility index (Phi) is 5.72. The monoisotopic (exact) mass is 300 g/mol. The van der Waals surface area contributed by atoms with Gasteiger partial charge in [0.05, 0.1) is 7.11 Å². The van der Waals surface area contributed by atoms with Gasteiger partial charge in [0.25, 0.3) is 0 Å². The number of thioether (sulfide) groups is 1. The molecule has 0 aromatic rings. The van der Waals surface area contributed by atoms with Crippen LogP contribution in [-0.4, -0.2) is 48.6 Å². The minimum atomic E-state index is -0.786. The summed E-state index contributed by atoms with van der Waals surface area (Å²) in [5.41, 5.74) is -0.786. The molecule has 0 aromatic carbocycles. The van der Waals surface area contributed by atoms with Gasteiger partial charge < -0.3 is 15.4 Å². The number of rotatable bonds is 4. The number of hydrogen-bond acceptors (Lipinski definition) is 5. The molecule has 1 aliphatic heterocycles. The number of ether oxygens (including phenoxy) is 1. The quantitative estimate of drug-likeness (QED) is 0.760. The summed E-state index contributed by atoms with van der Waals surface area (Å²) in [6.45, 7) is 0.949. The van der Waals surface area contributed by atoms with Gasteiger partial charge in [-0.3, -0.25) is 4.79 Å². The number of carbonyl (C=O) groups excluding carboxylic acids is 2. The Morgan fingerprint density at radius 1 is 1.35 bits per heavy atom. The van der Waals surface area contributed by atoms with Crippen molar-refractivity contribution in [3.63, 3.8) is 0 Å². The van der Waals surface area contributed by atoms with E-state index in [1.807, 2.05) is 11.8 Å². The second kappa shape index (κ2) is 7.31. The van der Waals surface area contributed by atoms with Crippen LogP contribution in [0.1, 0.15) is 38.5 Å². The Morgan fingerprint density at radius 2 is 2.10 bits per heavy atom. The average molecular weight is 300 g/mol. The van der Waals surface area contributed by atoms with Gasteiger partial charge in [-0.2, -0.15) is 11.8 Å². The van der Waals surface area contributed by atoms with Crippen molar-refractivity contribution in [1.29, 1.82) is 0 Å². The lowest BCUT2D eigenvalue weighted by molar-refractivity contribution is -0.152. The first-order chi connectivity index (χ1) is 9.66. The molecule has 1 heterocycles. The van der Waals surface area contributed by atoms with Crippen LogP contribution in [0.25, 0.3) is 0 Å². The van der Waals surface area contributed by atoms with Crippen LogP contribution in [0.2, 0.25) is 0 Å². The van der Waals surface area contributed by atoms with Crippen LogP contribution in [0.5, 0.6) is 0 Å². The summed E-state index contributed by atoms with van der Waals surface area (Å²) >= 11 is 1.87. The maximum Gasteiger partial charge on any atom is 0.331 e. The molecule has 1 unspecified atom stereocenters. The highest BCUT2D eigenvalue weighted by atomic mass is 32.2. The standard InChI is InChI=1S/C14H24N2O3S/c1-19-13(18)14(5-3-2-4-6-14)16-12(17)9-11-10-20-8-7-15-11/h11,15H,2-10H2,1H3,(H,16,17). The van der Waals surface area contributed by atoms with E-state index in [9.17, 15) is 9.59 Å². The normalized spacial score (nSPS) is 25.8. The van der Waals surface area contributed by atoms with E-state index >= 15 is 0 Å². The molecule has 0 spiro atoms. The summed E-state index contributed by atoms with van der Waals surface area (Å²) in [6, 6.07) is 0.215. The van der Waals surface area contributed by atoms with Crippen LogP contribution >= 0.6 is 11.8 Å². The maximum absolute atomic E-state index is 12.2. The van der Waals surface area contributed by atoms with Gasteiger partial charge in [0, 0.05) is 30.5 Å². The summed E-state index contributed by atoms with van der Waals surface area (Å²) in [6.07, 6.45) is 4.87. The molecule has 2 N–H and O–H groups in total. The Hall–Kier alpha value is -0.750. The van der Waals surface area contributed by atoms with E-state index in [0.717, 1.165) is 37.3 Å². The number of esters is 1. The third-order valence-corrected chi connectivity index (χ3v) is 5.22. The number of hydrogen-bond donors (Lipinski definition) is 2. The molecule has 20 heavy (non-hydrogen) atoms. The smallest absolute Gasteiger partial charge is 0.331 e. The minimum absolute atomic E-state index is 0.0442. The number of methoxy groups -OCH3 is 1. The first kappa shape index (κ1) is 15.6. The maximum atomic E-state index is 12.2. The van der Waals surface area contributed by atoms with Crippen molar-refractivity contribution in [2.45, 2.75) is 50.1 Å². The van der Waals surface area contributed by atoms with Crippen molar-refractivity contribution in [3.8, 4) is 0 Å². The fraction of sp³-hybridized carbons (Fsp3) is 0.857. The third kappa shape index (κ3) is 3.88. The second-order valence-corrected chi connectivity index (χ2v) is 6.76. The summed E-state index contributed by atoms with van der Waals surface area (Å²) < 4.78 is 4.91. The molecule has 0 aromatic heterocycles. The molecule has 6 heteroatoms. The number of amides is 1. The zero-order chi connectivity index (χ0) is 14.4. The zero-order valence-electron chi connectivity index (χ0n) is 12.1. The first-order valence-electron chi connectivity index (χ1n) is 7.37. The van der Waals surface area contributed by atoms with Gasteiger partial charge in [-0.25, -0.2) is 4.79 Å². The Balaban J connectivity index is 1.92. The van der Waals surface area contributed by atoms with Crippen LogP contribution in [0.3, 0.4) is 0 Å². The molecule has 2 fully saturated rings. The van der Waals surface area contributed by atoms with E-state index < -0.39 is 5.54 Å².